The molecule has 2 aromatic heterocycles. The van der Waals surface area contributed by atoms with Crippen LogP contribution in [0.15, 0.2) is 27.7 Å². The van der Waals surface area contributed by atoms with E-state index in [1.165, 1.54) is 13.2 Å². The van der Waals surface area contributed by atoms with E-state index in [4.69, 9.17) is 11.6 Å². The number of nitrogens with zero attached hydrogens (tertiary/aromatic N) is 2. The molecular formula is C11H6ClF3N2O2S2. The van der Waals surface area contributed by atoms with Crippen molar-refractivity contribution in [3.8, 4) is 0 Å². The number of methoxy groups -OCH3 is 1. The normalized spacial score (nSPS) is 11.5. The number of hydrogen-bond donors (Lipinski definition) is 0. The van der Waals surface area contributed by atoms with Crippen molar-refractivity contribution < 1.29 is 22.7 Å². The van der Waals surface area contributed by atoms with Crippen molar-refractivity contribution in [1.82, 2.24) is 9.97 Å². The number of hydrogen-bond acceptors (Lipinski definition) is 6. The largest absolute Gasteiger partial charge is 0.465 e. The zero-order valence-electron chi connectivity index (χ0n) is 10.3. The molecule has 0 aliphatic carbocycles. The van der Waals surface area contributed by atoms with Crippen LogP contribution in [-0.4, -0.2) is 23.0 Å². The van der Waals surface area contributed by atoms with E-state index in [1.807, 2.05) is 0 Å². The second kappa shape index (κ2) is 6.20. The molecule has 2 rings (SSSR count). The lowest BCUT2D eigenvalue weighted by Crippen LogP contribution is -2.04. The average Bonchev–Trinajstić information content (AvgIpc) is 2.78. The van der Waals surface area contributed by atoms with E-state index in [0.717, 1.165) is 35.4 Å². The van der Waals surface area contributed by atoms with Crippen molar-refractivity contribution in [3.63, 3.8) is 0 Å². The summed E-state index contributed by atoms with van der Waals surface area (Å²) in [6, 6.07) is 2.15. The molecule has 0 N–H and O–H groups in total. The minimum Gasteiger partial charge on any atom is -0.465 e. The van der Waals surface area contributed by atoms with Crippen LogP contribution in [0.25, 0.3) is 0 Å². The average molecular weight is 355 g/mol. The lowest BCUT2D eigenvalue weighted by molar-refractivity contribution is -0.137. The number of carbonyl (C=O) groups excluding carboxylic acids is 1. The number of ether oxygens (including phenoxy) is 1. The third-order valence-electron chi connectivity index (χ3n) is 2.19. The highest BCUT2D eigenvalue weighted by molar-refractivity contribution is 8.01. The van der Waals surface area contributed by atoms with Gasteiger partial charge >= 0.3 is 12.1 Å². The number of pyridine rings is 1. The van der Waals surface area contributed by atoms with Gasteiger partial charge in [-0.25, -0.2) is 14.8 Å². The Morgan fingerprint density at radius 1 is 1.43 bits per heavy atom. The summed E-state index contributed by atoms with van der Waals surface area (Å²) in [5.74, 6) is -0.621. The van der Waals surface area contributed by atoms with Crippen LogP contribution in [0.2, 0.25) is 5.15 Å². The number of alkyl halides is 3. The fraction of sp³-hybridized carbons (Fsp3) is 0.182. The SMILES string of the molecule is COC(=O)c1sc(Sc2ccc(C(F)(F)F)cn2)nc1Cl. The molecule has 0 aromatic carbocycles. The summed E-state index contributed by atoms with van der Waals surface area (Å²) in [7, 11) is 1.21. The Balaban J connectivity index is 2.17. The molecule has 0 spiro atoms. The molecule has 0 aliphatic rings. The van der Waals surface area contributed by atoms with Crippen LogP contribution >= 0.6 is 34.7 Å². The van der Waals surface area contributed by atoms with Crippen molar-refractivity contribution in [2.24, 2.45) is 0 Å². The van der Waals surface area contributed by atoms with E-state index in [1.54, 1.807) is 0 Å². The maximum absolute atomic E-state index is 12.4. The molecule has 0 saturated carbocycles. The third kappa shape index (κ3) is 3.86. The highest BCUT2D eigenvalue weighted by atomic mass is 35.5. The van der Waals surface area contributed by atoms with Gasteiger partial charge in [0.05, 0.1) is 12.7 Å². The summed E-state index contributed by atoms with van der Waals surface area (Å²) < 4.78 is 42.1. The van der Waals surface area contributed by atoms with Gasteiger partial charge in [-0.1, -0.05) is 22.9 Å². The van der Waals surface area contributed by atoms with E-state index < -0.39 is 17.7 Å². The number of thiazole rings is 1. The summed E-state index contributed by atoms with van der Waals surface area (Å²) in [5.41, 5.74) is -0.834. The van der Waals surface area contributed by atoms with Crippen LogP contribution in [0.5, 0.6) is 0 Å². The maximum Gasteiger partial charge on any atom is 0.417 e. The number of carbonyl (C=O) groups is 1. The number of halogens is 4. The van der Waals surface area contributed by atoms with Crippen molar-refractivity contribution in [2.75, 3.05) is 7.11 Å². The standard InChI is InChI=1S/C11H6ClF3N2O2S2/c1-19-9(18)7-8(12)17-10(21-7)20-6-3-2-5(4-16-6)11(13,14)15/h2-4H,1H3. The fourth-order valence-electron chi connectivity index (χ4n) is 1.24. The van der Waals surface area contributed by atoms with Gasteiger partial charge in [0.15, 0.2) is 14.4 Å². The highest BCUT2D eigenvalue weighted by Crippen LogP contribution is 2.35. The predicted molar refractivity (Wildman–Crippen MR) is 71.8 cm³/mol. The molecule has 2 heterocycles. The molecule has 0 aliphatic heterocycles. The van der Waals surface area contributed by atoms with E-state index in [-0.39, 0.29) is 10.0 Å². The first-order valence-corrected chi connectivity index (χ1v) is 7.28. The van der Waals surface area contributed by atoms with Gasteiger partial charge in [0.2, 0.25) is 0 Å². The molecule has 0 unspecified atom stereocenters. The molecule has 4 nitrogen and oxygen atoms in total. The van der Waals surface area contributed by atoms with E-state index in [2.05, 4.69) is 14.7 Å². The van der Waals surface area contributed by atoms with E-state index >= 15 is 0 Å². The van der Waals surface area contributed by atoms with E-state index in [9.17, 15) is 18.0 Å². The molecule has 0 bridgehead atoms. The zero-order valence-corrected chi connectivity index (χ0v) is 12.7. The Hall–Kier alpha value is -1.32. The second-order valence-electron chi connectivity index (χ2n) is 3.58. The molecule has 0 amide bonds. The molecule has 21 heavy (non-hydrogen) atoms. The fourth-order valence-corrected chi connectivity index (χ4v) is 3.46. The molecule has 0 saturated heterocycles. The van der Waals surface area contributed by atoms with Crippen LogP contribution in [0.1, 0.15) is 15.2 Å². The first-order chi connectivity index (χ1) is 9.81. The van der Waals surface area contributed by atoms with Crippen molar-refractivity contribution >= 4 is 40.7 Å². The molecular weight excluding hydrogens is 349 g/mol. The van der Waals surface area contributed by atoms with Crippen LogP contribution < -0.4 is 0 Å². The van der Waals surface area contributed by atoms with E-state index in [0.29, 0.717) is 9.37 Å². The number of esters is 1. The summed E-state index contributed by atoms with van der Waals surface area (Å²) in [6.45, 7) is 0. The summed E-state index contributed by atoms with van der Waals surface area (Å²) in [6.07, 6.45) is -3.70. The lowest BCUT2D eigenvalue weighted by Gasteiger charge is -2.05. The van der Waals surface area contributed by atoms with Gasteiger partial charge in [0, 0.05) is 6.20 Å². The minimum absolute atomic E-state index is 0.0127. The smallest absolute Gasteiger partial charge is 0.417 e. The third-order valence-corrected chi connectivity index (χ3v) is 4.62. The molecule has 0 atom stereocenters. The van der Waals surface area contributed by atoms with Crippen molar-refractivity contribution in [2.45, 2.75) is 15.5 Å². The molecule has 0 fully saturated rings. The van der Waals surface area contributed by atoms with Gasteiger partial charge in [-0.15, -0.1) is 0 Å². The summed E-state index contributed by atoms with van der Waals surface area (Å²) in [5, 5.41) is 0.297. The van der Waals surface area contributed by atoms with Crippen LogP contribution in [0.4, 0.5) is 13.2 Å². The van der Waals surface area contributed by atoms with Crippen LogP contribution in [-0.2, 0) is 10.9 Å². The Bertz CT molecular complexity index is 658. The lowest BCUT2D eigenvalue weighted by atomic mass is 10.3. The Labute approximate surface area is 130 Å². The van der Waals surface area contributed by atoms with Crippen molar-refractivity contribution in [1.29, 1.82) is 0 Å². The topological polar surface area (TPSA) is 52.1 Å². The number of rotatable bonds is 3. The van der Waals surface area contributed by atoms with Gasteiger partial charge in [-0.3, -0.25) is 0 Å². The Morgan fingerprint density at radius 2 is 2.14 bits per heavy atom. The van der Waals surface area contributed by atoms with Crippen molar-refractivity contribution in [3.05, 3.63) is 33.9 Å². The van der Waals surface area contributed by atoms with Gasteiger partial charge in [0.25, 0.3) is 0 Å². The molecule has 10 heteroatoms. The quantitative estimate of drug-likeness (QED) is 0.775. The second-order valence-corrected chi connectivity index (χ2v) is 6.20. The highest BCUT2D eigenvalue weighted by Gasteiger charge is 2.30. The summed E-state index contributed by atoms with van der Waals surface area (Å²) in [4.78, 5) is 19.1. The Morgan fingerprint density at radius 3 is 2.67 bits per heavy atom. The van der Waals surface area contributed by atoms with Gasteiger partial charge < -0.3 is 4.74 Å². The van der Waals surface area contributed by atoms with Crippen LogP contribution in [0, 0.1) is 0 Å². The van der Waals surface area contributed by atoms with Gasteiger partial charge in [0.1, 0.15) is 5.03 Å². The Kier molecular flexibility index (Phi) is 4.74. The first-order valence-electron chi connectivity index (χ1n) is 5.27. The maximum atomic E-state index is 12.4. The van der Waals surface area contributed by atoms with Gasteiger partial charge in [-0.2, -0.15) is 13.2 Å². The molecule has 0 radical (unpaired) electrons. The molecule has 112 valence electrons. The number of aromatic nitrogens is 2. The minimum atomic E-state index is -4.43. The van der Waals surface area contributed by atoms with Gasteiger partial charge in [-0.05, 0) is 23.9 Å². The predicted octanol–water partition coefficient (Wildman–Crippen LogP) is 4.15. The molecule has 2 aromatic rings. The monoisotopic (exact) mass is 354 g/mol. The van der Waals surface area contributed by atoms with Crippen LogP contribution in [0.3, 0.4) is 0 Å². The zero-order chi connectivity index (χ0) is 15.6. The first kappa shape index (κ1) is 16.1. The summed E-state index contributed by atoms with van der Waals surface area (Å²) >= 11 is 7.77.